The first kappa shape index (κ1) is 13.2. The van der Waals surface area contributed by atoms with Crippen molar-refractivity contribution >= 4 is 6.08 Å². The van der Waals surface area contributed by atoms with Gasteiger partial charge >= 0.3 is 0 Å². The molecular weight excluding hydrogens is 241 g/mol. The molecule has 2 nitrogen and oxygen atoms in total. The Morgan fingerprint density at radius 2 is 1.84 bits per heavy atom. The van der Waals surface area contributed by atoms with Crippen LogP contribution in [0.2, 0.25) is 0 Å². The highest BCUT2D eigenvalue weighted by atomic mass is 19.1. The van der Waals surface area contributed by atoms with Gasteiger partial charge in [-0.1, -0.05) is 36.4 Å². The SMILES string of the molecule is Cc1ccccc1CC(N=C=O)c1ccc(F)cc1. The number of rotatable bonds is 4. The van der Waals surface area contributed by atoms with E-state index >= 15 is 0 Å². The number of hydrogen-bond acceptors (Lipinski definition) is 2. The summed E-state index contributed by atoms with van der Waals surface area (Å²) in [7, 11) is 0. The summed E-state index contributed by atoms with van der Waals surface area (Å²) < 4.78 is 12.9. The number of benzene rings is 2. The van der Waals surface area contributed by atoms with Gasteiger partial charge in [-0.25, -0.2) is 9.18 Å². The molecule has 0 amide bonds. The van der Waals surface area contributed by atoms with Gasteiger partial charge in [-0.2, -0.15) is 4.99 Å². The summed E-state index contributed by atoms with van der Waals surface area (Å²) in [6.07, 6.45) is 2.21. The van der Waals surface area contributed by atoms with Crippen LogP contribution in [0.5, 0.6) is 0 Å². The van der Waals surface area contributed by atoms with Gasteiger partial charge in [0.15, 0.2) is 0 Å². The average molecular weight is 255 g/mol. The van der Waals surface area contributed by atoms with Crippen LogP contribution in [-0.4, -0.2) is 6.08 Å². The van der Waals surface area contributed by atoms with Crippen LogP contribution in [0.3, 0.4) is 0 Å². The Morgan fingerprint density at radius 1 is 1.16 bits per heavy atom. The molecular formula is C16H14FNO. The maximum Gasteiger partial charge on any atom is 0.235 e. The largest absolute Gasteiger partial charge is 0.235 e. The minimum absolute atomic E-state index is 0.298. The number of hydrogen-bond donors (Lipinski definition) is 0. The summed E-state index contributed by atoms with van der Waals surface area (Å²) in [6.45, 7) is 2.02. The lowest BCUT2D eigenvalue weighted by molar-refractivity contribution is 0.556. The minimum Gasteiger partial charge on any atom is -0.211 e. The third kappa shape index (κ3) is 3.36. The molecule has 0 saturated heterocycles. The Bertz CT molecular complexity index is 600. The molecule has 0 aliphatic rings. The molecule has 0 fully saturated rings. The van der Waals surface area contributed by atoms with Crippen molar-refractivity contribution in [3.05, 3.63) is 71.0 Å². The zero-order valence-corrected chi connectivity index (χ0v) is 10.6. The normalized spacial score (nSPS) is 11.7. The van der Waals surface area contributed by atoms with E-state index in [1.165, 1.54) is 12.1 Å². The van der Waals surface area contributed by atoms with E-state index in [9.17, 15) is 9.18 Å². The molecule has 96 valence electrons. The van der Waals surface area contributed by atoms with Crippen molar-refractivity contribution in [2.75, 3.05) is 0 Å². The van der Waals surface area contributed by atoms with E-state index in [1.54, 1.807) is 18.2 Å². The molecule has 0 bridgehead atoms. The fourth-order valence-electron chi connectivity index (χ4n) is 2.03. The molecule has 1 atom stereocenters. The first-order chi connectivity index (χ1) is 9.20. The summed E-state index contributed by atoms with van der Waals surface area (Å²) in [4.78, 5) is 14.4. The second-order valence-electron chi connectivity index (χ2n) is 4.42. The van der Waals surface area contributed by atoms with E-state index in [-0.39, 0.29) is 11.9 Å². The van der Waals surface area contributed by atoms with Gasteiger partial charge in [-0.15, -0.1) is 0 Å². The van der Waals surface area contributed by atoms with Crippen LogP contribution in [-0.2, 0) is 11.2 Å². The molecule has 0 heterocycles. The molecule has 0 spiro atoms. The van der Waals surface area contributed by atoms with Gasteiger partial charge in [0.2, 0.25) is 6.08 Å². The number of nitrogens with zero attached hydrogens (tertiary/aromatic N) is 1. The smallest absolute Gasteiger partial charge is 0.211 e. The molecule has 0 aliphatic heterocycles. The van der Waals surface area contributed by atoms with Gasteiger partial charge in [0.25, 0.3) is 0 Å². The average Bonchev–Trinajstić information content (AvgIpc) is 2.42. The van der Waals surface area contributed by atoms with Crippen LogP contribution >= 0.6 is 0 Å². The molecule has 2 aromatic rings. The van der Waals surface area contributed by atoms with E-state index in [1.807, 2.05) is 31.2 Å². The lowest BCUT2D eigenvalue weighted by Crippen LogP contribution is -2.02. The van der Waals surface area contributed by atoms with E-state index in [2.05, 4.69) is 4.99 Å². The number of carbonyl (C=O) groups excluding carboxylic acids is 1. The van der Waals surface area contributed by atoms with Crippen molar-refractivity contribution < 1.29 is 9.18 Å². The summed E-state index contributed by atoms with van der Waals surface area (Å²) in [6, 6.07) is 13.7. The summed E-state index contributed by atoms with van der Waals surface area (Å²) in [5, 5.41) is 0. The van der Waals surface area contributed by atoms with Gasteiger partial charge in [-0.3, -0.25) is 0 Å². The van der Waals surface area contributed by atoms with E-state index in [4.69, 9.17) is 0 Å². The molecule has 2 rings (SSSR count). The molecule has 1 unspecified atom stereocenters. The molecule has 19 heavy (non-hydrogen) atoms. The number of halogens is 1. The number of aliphatic imine (C=N–C) groups is 1. The quantitative estimate of drug-likeness (QED) is 0.604. The predicted octanol–water partition coefficient (Wildman–Crippen LogP) is 3.75. The van der Waals surface area contributed by atoms with E-state index in [0.717, 1.165) is 16.7 Å². The Balaban J connectivity index is 2.29. The van der Waals surface area contributed by atoms with Crippen molar-refractivity contribution in [2.24, 2.45) is 4.99 Å². The van der Waals surface area contributed by atoms with Crippen LogP contribution < -0.4 is 0 Å². The van der Waals surface area contributed by atoms with Gasteiger partial charge in [-0.05, 0) is 35.7 Å². The molecule has 3 heteroatoms. The lowest BCUT2D eigenvalue weighted by atomic mass is 9.96. The standard InChI is InChI=1S/C16H14FNO/c1-12-4-2-3-5-14(12)10-16(18-11-19)13-6-8-15(17)9-7-13/h2-9,16H,10H2,1H3. The second-order valence-corrected chi connectivity index (χ2v) is 4.42. The Kier molecular flexibility index (Phi) is 4.22. The highest BCUT2D eigenvalue weighted by Crippen LogP contribution is 2.23. The molecule has 0 saturated carbocycles. The zero-order chi connectivity index (χ0) is 13.7. The minimum atomic E-state index is -0.320. The summed E-state index contributed by atoms with van der Waals surface area (Å²) in [5.74, 6) is -0.298. The Hall–Kier alpha value is -2.25. The van der Waals surface area contributed by atoms with Crippen molar-refractivity contribution in [2.45, 2.75) is 19.4 Å². The van der Waals surface area contributed by atoms with Crippen molar-refractivity contribution in [3.8, 4) is 0 Å². The van der Waals surface area contributed by atoms with Crippen LogP contribution in [0.15, 0.2) is 53.5 Å². The predicted molar refractivity (Wildman–Crippen MR) is 72.1 cm³/mol. The van der Waals surface area contributed by atoms with Crippen LogP contribution in [0.25, 0.3) is 0 Å². The molecule has 0 N–H and O–H groups in total. The van der Waals surface area contributed by atoms with Crippen molar-refractivity contribution in [1.29, 1.82) is 0 Å². The third-order valence-corrected chi connectivity index (χ3v) is 3.14. The monoisotopic (exact) mass is 255 g/mol. The van der Waals surface area contributed by atoms with E-state index in [0.29, 0.717) is 6.42 Å². The van der Waals surface area contributed by atoms with E-state index < -0.39 is 0 Å². The topological polar surface area (TPSA) is 29.4 Å². The summed E-state index contributed by atoms with van der Waals surface area (Å²) >= 11 is 0. The maximum absolute atomic E-state index is 12.9. The Labute approximate surface area is 111 Å². The lowest BCUT2D eigenvalue weighted by Gasteiger charge is -2.13. The fraction of sp³-hybridized carbons (Fsp3) is 0.188. The third-order valence-electron chi connectivity index (χ3n) is 3.14. The molecule has 0 radical (unpaired) electrons. The highest BCUT2D eigenvalue weighted by Gasteiger charge is 2.12. The Morgan fingerprint density at radius 3 is 2.47 bits per heavy atom. The van der Waals surface area contributed by atoms with Crippen LogP contribution in [0, 0.1) is 12.7 Å². The number of aryl methyl sites for hydroxylation is 1. The first-order valence-electron chi connectivity index (χ1n) is 6.07. The highest BCUT2D eigenvalue weighted by molar-refractivity contribution is 5.37. The summed E-state index contributed by atoms with van der Waals surface area (Å²) in [5.41, 5.74) is 3.08. The zero-order valence-electron chi connectivity index (χ0n) is 10.6. The van der Waals surface area contributed by atoms with Gasteiger partial charge in [0.1, 0.15) is 5.82 Å². The molecule has 0 aromatic heterocycles. The molecule has 2 aromatic carbocycles. The second kappa shape index (κ2) is 6.07. The van der Waals surface area contributed by atoms with Crippen LogP contribution in [0.4, 0.5) is 4.39 Å². The molecule has 0 aliphatic carbocycles. The maximum atomic E-state index is 12.9. The van der Waals surface area contributed by atoms with Gasteiger partial charge in [0, 0.05) is 6.42 Å². The van der Waals surface area contributed by atoms with Crippen LogP contribution in [0.1, 0.15) is 22.7 Å². The van der Waals surface area contributed by atoms with Gasteiger partial charge < -0.3 is 0 Å². The first-order valence-corrected chi connectivity index (χ1v) is 6.07. The van der Waals surface area contributed by atoms with Crippen molar-refractivity contribution in [3.63, 3.8) is 0 Å². The van der Waals surface area contributed by atoms with Crippen molar-refractivity contribution in [1.82, 2.24) is 0 Å². The fourth-order valence-corrected chi connectivity index (χ4v) is 2.03. The van der Waals surface area contributed by atoms with Gasteiger partial charge in [0.05, 0.1) is 6.04 Å². The number of isocyanates is 1.